The maximum absolute atomic E-state index is 12.7. The number of hydrogen-bond acceptors (Lipinski definition) is 7. The van der Waals surface area contributed by atoms with Gasteiger partial charge >= 0.3 is 0 Å². The quantitative estimate of drug-likeness (QED) is 0.672. The van der Waals surface area contributed by atoms with Crippen LogP contribution in [-0.2, 0) is 14.8 Å². The predicted octanol–water partition coefficient (Wildman–Crippen LogP) is -0.798. The van der Waals surface area contributed by atoms with Gasteiger partial charge in [-0.3, -0.25) is 4.79 Å². The molecule has 0 N–H and O–H groups in total. The molecule has 0 aliphatic carbocycles. The van der Waals surface area contributed by atoms with E-state index < -0.39 is 10.0 Å². The summed E-state index contributed by atoms with van der Waals surface area (Å²) in [5, 5.41) is 4.16. The van der Waals surface area contributed by atoms with E-state index in [1.54, 1.807) is 15.8 Å². The normalized spacial score (nSPS) is 19.1. The van der Waals surface area contributed by atoms with Crippen molar-refractivity contribution in [2.24, 2.45) is 5.92 Å². The van der Waals surface area contributed by atoms with Crippen LogP contribution in [0, 0.1) is 5.92 Å². The molecule has 0 bridgehead atoms. The second-order valence-corrected chi connectivity index (χ2v) is 8.76. The molecule has 2 fully saturated rings. The standard InChI is InChI=1S/C16H21N7O3S/c1-27(25,26)22-7-5-20(6-8-22)16(24)13-10-21(11-13)14-9-15(18-12-17-14)23-4-2-3-19-23/h2-4,9,12-13H,5-8,10-11H2,1H3. The maximum Gasteiger partial charge on any atom is 0.229 e. The molecule has 11 heteroatoms. The molecule has 0 spiro atoms. The van der Waals surface area contributed by atoms with E-state index in [-0.39, 0.29) is 11.8 Å². The van der Waals surface area contributed by atoms with Crippen molar-refractivity contribution < 1.29 is 13.2 Å². The Labute approximate surface area is 157 Å². The topological polar surface area (TPSA) is 105 Å². The molecule has 2 aromatic rings. The highest BCUT2D eigenvalue weighted by atomic mass is 32.2. The molecule has 0 atom stereocenters. The van der Waals surface area contributed by atoms with Crippen LogP contribution in [0.25, 0.3) is 5.82 Å². The van der Waals surface area contributed by atoms with Gasteiger partial charge in [0, 0.05) is 57.7 Å². The van der Waals surface area contributed by atoms with Gasteiger partial charge in [-0.05, 0) is 6.07 Å². The van der Waals surface area contributed by atoms with E-state index in [1.807, 2.05) is 23.2 Å². The Morgan fingerprint density at radius 2 is 1.81 bits per heavy atom. The molecule has 27 heavy (non-hydrogen) atoms. The smallest absolute Gasteiger partial charge is 0.229 e. The van der Waals surface area contributed by atoms with E-state index in [9.17, 15) is 13.2 Å². The number of amides is 1. The molecular weight excluding hydrogens is 370 g/mol. The van der Waals surface area contributed by atoms with Crippen LogP contribution in [0.5, 0.6) is 0 Å². The van der Waals surface area contributed by atoms with Crippen LogP contribution in [0.2, 0.25) is 0 Å². The fraction of sp³-hybridized carbons (Fsp3) is 0.500. The molecule has 10 nitrogen and oxygen atoms in total. The number of piperazine rings is 1. The number of rotatable bonds is 4. The van der Waals surface area contributed by atoms with Gasteiger partial charge in [0.1, 0.15) is 12.1 Å². The Balaban J connectivity index is 1.33. The average Bonchev–Trinajstić information content (AvgIpc) is 3.15. The Morgan fingerprint density at radius 3 is 2.44 bits per heavy atom. The third kappa shape index (κ3) is 3.65. The highest BCUT2D eigenvalue weighted by molar-refractivity contribution is 7.88. The van der Waals surface area contributed by atoms with Crippen LogP contribution >= 0.6 is 0 Å². The third-order valence-corrected chi connectivity index (χ3v) is 6.25. The predicted molar refractivity (Wildman–Crippen MR) is 97.9 cm³/mol. The van der Waals surface area contributed by atoms with Crippen molar-refractivity contribution in [1.29, 1.82) is 0 Å². The molecule has 2 aliphatic rings. The van der Waals surface area contributed by atoms with Crippen LogP contribution in [0.15, 0.2) is 30.9 Å². The van der Waals surface area contributed by atoms with Gasteiger partial charge in [0.25, 0.3) is 0 Å². The Bertz CT molecular complexity index is 917. The third-order valence-electron chi connectivity index (χ3n) is 4.95. The minimum Gasteiger partial charge on any atom is -0.355 e. The number of aromatic nitrogens is 4. The molecule has 2 aromatic heterocycles. The lowest BCUT2D eigenvalue weighted by Crippen LogP contribution is -2.58. The summed E-state index contributed by atoms with van der Waals surface area (Å²) in [5.41, 5.74) is 0. The zero-order valence-electron chi connectivity index (χ0n) is 15.0. The summed E-state index contributed by atoms with van der Waals surface area (Å²) in [7, 11) is -3.19. The lowest BCUT2D eigenvalue weighted by molar-refractivity contribution is -0.137. The first-order valence-electron chi connectivity index (χ1n) is 8.73. The molecule has 0 radical (unpaired) electrons. The van der Waals surface area contributed by atoms with E-state index in [0.29, 0.717) is 45.1 Å². The highest BCUT2D eigenvalue weighted by Crippen LogP contribution is 2.25. The molecule has 1 amide bonds. The van der Waals surface area contributed by atoms with Crippen LogP contribution in [0.3, 0.4) is 0 Å². The van der Waals surface area contributed by atoms with Crippen molar-refractivity contribution in [2.45, 2.75) is 0 Å². The van der Waals surface area contributed by atoms with E-state index >= 15 is 0 Å². The summed E-state index contributed by atoms with van der Waals surface area (Å²) in [6.07, 6.45) is 6.19. The molecule has 144 valence electrons. The Kier molecular flexibility index (Phi) is 4.56. The van der Waals surface area contributed by atoms with Crippen molar-refractivity contribution >= 4 is 21.7 Å². The average molecular weight is 391 g/mol. The highest BCUT2D eigenvalue weighted by Gasteiger charge is 2.37. The fourth-order valence-corrected chi connectivity index (χ4v) is 4.19. The zero-order chi connectivity index (χ0) is 19.0. The molecular formula is C16H21N7O3S. The van der Waals surface area contributed by atoms with E-state index in [2.05, 4.69) is 15.1 Å². The van der Waals surface area contributed by atoms with Gasteiger partial charge in [-0.2, -0.15) is 9.40 Å². The van der Waals surface area contributed by atoms with Gasteiger partial charge in [0.05, 0.1) is 12.2 Å². The summed E-state index contributed by atoms with van der Waals surface area (Å²) in [5.74, 6) is 1.44. The number of sulfonamides is 1. The SMILES string of the molecule is CS(=O)(=O)N1CCN(C(=O)C2CN(c3cc(-n4cccn4)ncn3)C2)CC1. The number of nitrogens with zero attached hydrogens (tertiary/aromatic N) is 7. The van der Waals surface area contributed by atoms with Crippen molar-refractivity contribution in [2.75, 3.05) is 50.4 Å². The van der Waals surface area contributed by atoms with Crippen molar-refractivity contribution in [1.82, 2.24) is 29.0 Å². The Hall–Kier alpha value is -2.53. The first kappa shape index (κ1) is 17.9. The second-order valence-electron chi connectivity index (χ2n) is 6.77. The van der Waals surface area contributed by atoms with Crippen molar-refractivity contribution in [3.63, 3.8) is 0 Å². The number of carbonyl (C=O) groups is 1. The van der Waals surface area contributed by atoms with Crippen molar-refractivity contribution in [3.8, 4) is 5.82 Å². The number of carbonyl (C=O) groups excluding carboxylic acids is 1. The zero-order valence-corrected chi connectivity index (χ0v) is 15.8. The number of hydrogen-bond donors (Lipinski definition) is 0. The molecule has 0 aromatic carbocycles. The largest absolute Gasteiger partial charge is 0.355 e. The van der Waals surface area contributed by atoms with Gasteiger partial charge in [-0.15, -0.1) is 0 Å². The monoisotopic (exact) mass is 391 g/mol. The summed E-state index contributed by atoms with van der Waals surface area (Å²) in [4.78, 5) is 24.9. The molecule has 2 saturated heterocycles. The maximum atomic E-state index is 12.7. The summed E-state index contributed by atoms with van der Waals surface area (Å²) in [6.45, 7) is 2.81. The minimum absolute atomic E-state index is 0.0840. The Morgan fingerprint density at radius 1 is 1.11 bits per heavy atom. The van der Waals surface area contributed by atoms with E-state index in [0.717, 1.165) is 5.82 Å². The first-order valence-corrected chi connectivity index (χ1v) is 10.6. The van der Waals surface area contributed by atoms with Crippen LogP contribution in [0.1, 0.15) is 0 Å². The number of anilines is 1. The van der Waals surface area contributed by atoms with Gasteiger partial charge < -0.3 is 9.80 Å². The van der Waals surface area contributed by atoms with Crippen LogP contribution < -0.4 is 4.90 Å². The van der Waals surface area contributed by atoms with E-state index in [4.69, 9.17) is 0 Å². The molecule has 4 rings (SSSR count). The van der Waals surface area contributed by atoms with Gasteiger partial charge in [0.2, 0.25) is 15.9 Å². The molecule has 0 unspecified atom stereocenters. The first-order chi connectivity index (χ1) is 12.9. The van der Waals surface area contributed by atoms with Gasteiger partial charge in [-0.25, -0.2) is 23.1 Å². The van der Waals surface area contributed by atoms with E-state index in [1.165, 1.54) is 16.9 Å². The molecule has 2 aliphatic heterocycles. The van der Waals surface area contributed by atoms with Crippen molar-refractivity contribution in [3.05, 3.63) is 30.9 Å². The summed E-state index contributed by atoms with van der Waals surface area (Å²) >= 11 is 0. The van der Waals surface area contributed by atoms with Crippen LogP contribution in [0.4, 0.5) is 5.82 Å². The lowest BCUT2D eigenvalue weighted by atomic mass is 9.98. The fourth-order valence-electron chi connectivity index (χ4n) is 3.36. The molecule has 4 heterocycles. The summed E-state index contributed by atoms with van der Waals surface area (Å²) < 4.78 is 26.2. The van der Waals surface area contributed by atoms with Crippen LogP contribution in [-0.4, -0.2) is 88.8 Å². The molecule has 0 saturated carbocycles. The second kappa shape index (κ2) is 6.89. The minimum atomic E-state index is -3.19. The lowest BCUT2D eigenvalue weighted by Gasteiger charge is -2.43. The van der Waals surface area contributed by atoms with Gasteiger partial charge in [0.15, 0.2) is 5.82 Å². The van der Waals surface area contributed by atoms with Gasteiger partial charge in [-0.1, -0.05) is 0 Å². The summed E-state index contributed by atoms with van der Waals surface area (Å²) in [6, 6.07) is 3.67.